The summed E-state index contributed by atoms with van der Waals surface area (Å²) in [6.45, 7) is 0.452. The van der Waals surface area contributed by atoms with Crippen LogP contribution in [-0.4, -0.2) is 25.1 Å². The Hall–Kier alpha value is -3.15. The third kappa shape index (κ3) is 6.47. The zero-order valence-electron chi connectivity index (χ0n) is 14.1. The van der Waals surface area contributed by atoms with Crippen molar-refractivity contribution in [3.8, 4) is 5.75 Å². The summed E-state index contributed by atoms with van der Waals surface area (Å²) in [7, 11) is 1.57. The smallest absolute Gasteiger partial charge is 0.240 e. The van der Waals surface area contributed by atoms with Gasteiger partial charge in [0.05, 0.1) is 13.3 Å². The summed E-state index contributed by atoms with van der Waals surface area (Å²) < 4.78 is 5.19. The quantitative estimate of drug-likeness (QED) is 0.572. The van der Waals surface area contributed by atoms with Crippen LogP contribution in [0.3, 0.4) is 0 Å². The van der Waals surface area contributed by atoms with Crippen molar-refractivity contribution in [1.29, 1.82) is 0 Å². The predicted octanol–water partition coefficient (Wildman–Crippen LogP) is 2.24. The molecule has 6 nitrogen and oxygen atoms in total. The first-order valence-corrected chi connectivity index (χ1v) is 7.94. The molecule has 0 spiro atoms. The number of amides is 2. The maximum absolute atomic E-state index is 11.8. The highest BCUT2D eigenvalue weighted by molar-refractivity contribution is 5.86. The number of hydrogen-bond donors (Lipinski definition) is 2. The molecule has 0 atom stereocenters. The van der Waals surface area contributed by atoms with Gasteiger partial charge in [0, 0.05) is 24.9 Å². The fraction of sp³-hybridized carbons (Fsp3) is 0.211. The van der Waals surface area contributed by atoms with E-state index in [1.54, 1.807) is 13.2 Å². The number of hydrogen-bond acceptors (Lipinski definition) is 4. The summed E-state index contributed by atoms with van der Waals surface area (Å²) in [5.41, 5.74) is 4.18. The number of para-hydroxylation sites is 1. The highest BCUT2D eigenvalue weighted by atomic mass is 16.5. The molecule has 2 rings (SSSR count). The number of carbonyl (C=O) groups excluding carboxylic acids is 2. The molecule has 0 saturated heterocycles. The lowest BCUT2D eigenvalue weighted by Crippen LogP contribution is -2.25. The number of carbonyl (C=O) groups is 2. The Kier molecular flexibility index (Phi) is 7.18. The molecule has 0 fully saturated rings. The van der Waals surface area contributed by atoms with Crippen LogP contribution in [0.5, 0.6) is 5.75 Å². The van der Waals surface area contributed by atoms with Gasteiger partial charge in [-0.2, -0.15) is 5.10 Å². The van der Waals surface area contributed by atoms with Crippen molar-refractivity contribution in [3.63, 3.8) is 0 Å². The van der Waals surface area contributed by atoms with E-state index in [1.165, 1.54) is 6.21 Å². The Bertz CT molecular complexity index is 730. The highest BCUT2D eigenvalue weighted by Crippen LogP contribution is 2.14. The molecule has 0 unspecified atom stereocenters. The molecule has 0 radical (unpaired) electrons. The minimum absolute atomic E-state index is 0.0733. The monoisotopic (exact) mass is 339 g/mol. The van der Waals surface area contributed by atoms with Gasteiger partial charge in [0.25, 0.3) is 0 Å². The van der Waals surface area contributed by atoms with Crippen molar-refractivity contribution >= 4 is 18.0 Å². The average molecular weight is 339 g/mol. The first-order valence-electron chi connectivity index (χ1n) is 7.94. The molecule has 2 aromatic rings. The topological polar surface area (TPSA) is 79.8 Å². The van der Waals surface area contributed by atoms with Crippen LogP contribution in [0.2, 0.25) is 0 Å². The van der Waals surface area contributed by atoms with E-state index in [-0.39, 0.29) is 24.7 Å². The molecule has 2 aromatic carbocycles. The number of methoxy groups -OCH3 is 1. The van der Waals surface area contributed by atoms with Gasteiger partial charge in [-0.05, 0) is 17.7 Å². The SMILES string of the molecule is COc1ccccc1/C=N/NC(=O)CCC(=O)NCc1ccccc1. The van der Waals surface area contributed by atoms with E-state index in [4.69, 9.17) is 4.74 Å². The van der Waals surface area contributed by atoms with Gasteiger partial charge in [-0.15, -0.1) is 0 Å². The third-order valence-corrected chi connectivity index (χ3v) is 3.44. The molecule has 0 bridgehead atoms. The summed E-state index contributed by atoms with van der Waals surface area (Å²) in [5.74, 6) is 0.175. The van der Waals surface area contributed by atoms with Crippen molar-refractivity contribution in [2.45, 2.75) is 19.4 Å². The van der Waals surface area contributed by atoms with E-state index in [9.17, 15) is 9.59 Å². The molecular weight excluding hydrogens is 318 g/mol. The second-order valence-electron chi connectivity index (χ2n) is 5.30. The van der Waals surface area contributed by atoms with E-state index in [2.05, 4.69) is 15.8 Å². The number of nitrogens with zero attached hydrogens (tertiary/aromatic N) is 1. The second-order valence-corrected chi connectivity index (χ2v) is 5.30. The molecule has 0 aliphatic heterocycles. The number of nitrogens with one attached hydrogen (secondary N) is 2. The number of benzene rings is 2. The summed E-state index contributed by atoms with van der Waals surface area (Å²) in [4.78, 5) is 23.5. The summed E-state index contributed by atoms with van der Waals surface area (Å²) >= 11 is 0. The maximum atomic E-state index is 11.8. The predicted molar refractivity (Wildman–Crippen MR) is 96.3 cm³/mol. The van der Waals surface area contributed by atoms with Crippen LogP contribution in [0.1, 0.15) is 24.0 Å². The van der Waals surface area contributed by atoms with Gasteiger partial charge in [0.1, 0.15) is 5.75 Å². The minimum Gasteiger partial charge on any atom is -0.496 e. The molecule has 130 valence electrons. The first-order chi connectivity index (χ1) is 12.2. The van der Waals surface area contributed by atoms with Crippen LogP contribution >= 0.6 is 0 Å². The lowest BCUT2D eigenvalue weighted by atomic mass is 10.2. The van der Waals surface area contributed by atoms with Gasteiger partial charge >= 0.3 is 0 Å². The van der Waals surface area contributed by atoms with E-state index < -0.39 is 0 Å². The van der Waals surface area contributed by atoms with Crippen LogP contribution in [0.15, 0.2) is 59.7 Å². The van der Waals surface area contributed by atoms with Gasteiger partial charge in [0.2, 0.25) is 11.8 Å². The van der Waals surface area contributed by atoms with E-state index in [0.717, 1.165) is 11.1 Å². The molecular formula is C19H21N3O3. The van der Waals surface area contributed by atoms with E-state index in [0.29, 0.717) is 12.3 Å². The Morgan fingerprint density at radius 3 is 2.44 bits per heavy atom. The lowest BCUT2D eigenvalue weighted by molar-refractivity contribution is -0.126. The Morgan fingerprint density at radius 2 is 1.68 bits per heavy atom. The van der Waals surface area contributed by atoms with Crippen molar-refractivity contribution in [2.75, 3.05) is 7.11 Å². The first kappa shape index (κ1) is 18.2. The van der Waals surface area contributed by atoms with E-state index in [1.807, 2.05) is 48.5 Å². The number of ether oxygens (including phenoxy) is 1. The summed E-state index contributed by atoms with van der Waals surface area (Å²) in [6.07, 6.45) is 1.69. The molecule has 25 heavy (non-hydrogen) atoms. The third-order valence-electron chi connectivity index (χ3n) is 3.44. The minimum atomic E-state index is -0.319. The van der Waals surface area contributed by atoms with Gasteiger partial charge < -0.3 is 10.1 Å². The largest absolute Gasteiger partial charge is 0.496 e. The summed E-state index contributed by atoms with van der Waals surface area (Å²) in [6, 6.07) is 16.9. The highest BCUT2D eigenvalue weighted by Gasteiger charge is 2.06. The maximum Gasteiger partial charge on any atom is 0.240 e. The Morgan fingerprint density at radius 1 is 1.00 bits per heavy atom. The molecule has 0 heterocycles. The van der Waals surface area contributed by atoms with Crippen LogP contribution in [0.4, 0.5) is 0 Å². The van der Waals surface area contributed by atoms with Crippen LogP contribution in [0, 0.1) is 0 Å². The van der Waals surface area contributed by atoms with Crippen LogP contribution < -0.4 is 15.5 Å². The zero-order valence-corrected chi connectivity index (χ0v) is 14.1. The van der Waals surface area contributed by atoms with Gasteiger partial charge in [-0.3, -0.25) is 9.59 Å². The second kappa shape index (κ2) is 9.87. The molecule has 0 aromatic heterocycles. The standard InChI is InChI=1S/C19H21N3O3/c1-25-17-10-6-5-9-16(17)14-21-22-19(24)12-11-18(23)20-13-15-7-3-2-4-8-15/h2-10,14H,11-13H2,1H3,(H,20,23)(H,22,24)/b21-14+. The van der Waals surface area contributed by atoms with E-state index >= 15 is 0 Å². The molecule has 2 N–H and O–H groups in total. The van der Waals surface area contributed by atoms with Gasteiger partial charge in [-0.1, -0.05) is 42.5 Å². The Labute approximate surface area is 146 Å². The molecule has 0 aliphatic carbocycles. The van der Waals surface area contributed by atoms with Crippen molar-refractivity contribution in [2.24, 2.45) is 5.10 Å². The van der Waals surface area contributed by atoms with Crippen LogP contribution in [0.25, 0.3) is 0 Å². The number of rotatable bonds is 8. The van der Waals surface area contributed by atoms with Gasteiger partial charge in [-0.25, -0.2) is 5.43 Å². The fourth-order valence-electron chi connectivity index (χ4n) is 2.11. The average Bonchev–Trinajstić information content (AvgIpc) is 2.66. The summed E-state index contributed by atoms with van der Waals surface area (Å²) in [5, 5.41) is 6.66. The van der Waals surface area contributed by atoms with Gasteiger partial charge in [0.15, 0.2) is 0 Å². The molecule has 2 amide bonds. The number of hydrazone groups is 1. The van der Waals surface area contributed by atoms with Crippen molar-refractivity contribution in [3.05, 3.63) is 65.7 Å². The molecule has 0 saturated carbocycles. The Balaban J connectivity index is 1.69. The lowest BCUT2D eigenvalue weighted by Gasteiger charge is -2.05. The molecule has 0 aliphatic rings. The molecule has 6 heteroatoms. The van der Waals surface area contributed by atoms with Crippen molar-refractivity contribution in [1.82, 2.24) is 10.7 Å². The zero-order chi connectivity index (χ0) is 17.9. The fourth-order valence-corrected chi connectivity index (χ4v) is 2.11. The normalized spacial score (nSPS) is 10.4. The van der Waals surface area contributed by atoms with Crippen LogP contribution in [-0.2, 0) is 16.1 Å². The van der Waals surface area contributed by atoms with Crippen molar-refractivity contribution < 1.29 is 14.3 Å².